The molecule has 240 valence electrons. The zero-order chi connectivity index (χ0) is 32.7. The first-order chi connectivity index (χ1) is 21.5. The molecular weight excluding hydrogens is 594 g/mol. The highest BCUT2D eigenvalue weighted by atomic mass is 16.7. The molecule has 15 nitrogen and oxygen atoms in total. The van der Waals surface area contributed by atoms with Gasteiger partial charge in [-0.1, -0.05) is 12.0 Å². The average Bonchev–Trinajstić information content (AvgIpc) is 3.00. The van der Waals surface area contributed by atoms with Gasteiger partial charge in [0.15, 0.2) is 23.6 Å². The Hall–Kier alpha value is -4.72. The molecule has 0 radical (unpaired) electrons. The van der Waals surface area contributed by atoms with Crippen LogP contribution in [0.1, 0.15) is 25.1 Å². The lowest BCUT2D eigenvalue weighted by atomic mass is 9.89. The molecule has 1 aromatic carbocycles. The van der Waals surface area contributed by atoms with Gasteiger partial charge in [0.2, 0.25) is 6.29 Å². The summed E-state index contributed by atoms with van der Waals surface area (Å²) in [5.74, 6) is 1.06. The summed E-state index contributed by atoms with van der Waals surface area (Å²) in [5.41, 5.74) is 0.210. The second kappa shape index (κ2) is 14.4. The van der Waals surface area contributed by atoms with Crippen LogP contribution in [0.5, 0.6) is 11.5 Å². The van der Waals surface area contributed by atoms with Gasteiger partial charge in [0.25, 0.3) is 5.91 Å². The van der Waals surface area contributed by atoms with E-state index >= 15 is 0 Å². The molecule has 15 heteroatoms. The van der Waals surface area contributed by atoms with Gasteiger partial charge in [-0.3, -0.25) is 14.6 Å². The Balaban J connectivity index is 1.51. The Kier molecular flexibility index (Phi) is 10.6. The molecule has 0 saturated carbocycles. The van der Waals surface area contributed by atoms with Crippen molar-refractivity contribution in [3.05, 3.63) is 58.2 Å². The van der Waals surface area contributed by atoms with Gasteiger partial charge in [-0.2, -0.15) is 5.48 Å². The molecule has 4 N–H and O–H groups in total. The number of benzene rings is 1. The number of nitrogens with one attached hydrogen (secondary N) is 2. The van der Waals surface area contributed by atoms with Crippen molar-refractivity contribution in [3.8, 4) is 23.8 Å². The summed E-state index contributed by atoms with van der Waals surface area (Å²) in [6.07, 6.45) is 0.493. The largest absolute Gasteiger partial charge is 0.505 e. The molecule has 0 unspecified atom stereocenters. The number of rotatable bonds is 11. The van der Waals surface area contributed by atoms with Crippen molar-refractivity contribution in [1.82, 2.24) is 10.5 Å². The highest BCUT2D eigenvalue weighted by Crippen LogP contribution is 2.38. The summed E-state index contributed by atoms with van der Waals surface area (Å²) in [6.45, 7) is 4.29. The number of carbonyl (C=O) groups is 2. The third-order valence-corrected chi connectivity index (χ3v) is 6.79. The predicted molar refractivity (Wildman–Crippen MR) is 156 cm³/mol. The number of ether oxygens (including phenoxy) is 5. The molecule has 4 rings (SSSR count). The molecule has 2 amide bonds. The van der Waals surface area contributed by atoms with Crippen molar-refractivity contribution in [1.29, 1.82) is 0 Å². The summed E-state index contributed by atoms with van der Waals surface area (Å²) in [7, 11) is 1.36. The number of nitrogens with zero attached hydrogens (tertiary/aromatic N) is 1. The maximum atomic E-state index is 12.8. The van der Waals surface area contributed by atoms with E-state index < -0.39 is 65.9 Å². The molecule has 0 spiro atoms. The van der Waals surface area contributed by atoms with Gasteiger partial charge in [-0.25, -0.2) is 9.59 Å². The van der Waals surface area contributed by atoms with Gasteiger partial charge in [0.05, 0.1) is 23.3 Å². The Labute approximate surface area is 257 Å². The number of aromatic hydroxyl groups is 1. The van der Waals surface area contributed by atoms with E-state index in [0.717, 1.165) is 0 Å². The predicted octanol–water partition coefficient (Wildman–Crippen LogP) is 1.91. The molecule has 1 saturated heterocycles. The summed E-state index contributed by atoms with van der Waals surface area (Å²) >= 11 is 0. The van der Waals surface area contributed by atoms with E-state index in [1.807, 2.05) is 5.48 Å². The SMILES string of the molecule is C#CCONC(=O)O[C@H]1[C@@H](O)[C@H](Oc2ccc3c(O)c(NC(=O)COCc4ccccn4)c(=O)oc3c2C)OC(C)(C)[C@@H]1OC. The van der Waals surface area contributed by atoms with Crippen LogP contribution in [0.15, 0.2) is 45.7 Å². The van der Waals surface area contributed by atoms with E-state index in [0.29, 0.717) is 5.69 Å². The number of pyridine rings is 1. The smallest absolute Gasteiger partial charge is 0.431 e. The lowest BCUT2D eigenvalue weighted by Gasteiger charge is -2.47. The lowest BCUT2D eigenvalue weighted by molar-refractivity contribution is -0.305. The molecule has 0 aliphatic carbocycles. The Morgan fingerprint density at radius 3 is 2.69 bits per heavy atom. The highest BCUT2D eigenvalue weighted by Gasteiger charge is 2.53. The first-order valence-corrected chi connectivity index (χ1v) is 13.6. The number of hydrogen-bond acceptors (Lipinski definition) is 13. The lowest BCUT2D eigenvalue weighted by Crippen LogP contribution is -2.65. The van der Waals surface area contributed by atoms with Gasteiger partial charge < -0.3 is 43.6 Å². The monoisotopic (exact) mass is 627 g/mol. The molecular formula is C30H33N3O12. The minimum atomic E-state index is -1.56. The topological polar surface area (TPSA) is 197 Å². The molecule has 0 bridgehead atoms. The summed E-state index contributed by atoms with van der Waals surface area (Å²) in [4.78, 5) is 46.3. The number of hydroxylamine groups is 1. The molecule has 45 heavy (non-hydrogen) atoms. The van der Waals surface area contributed by atoms with Gasteiger partial charge in [0, 0.05) is 18.9 Å². The quantitative estimate of drug-likeness (QED) is 0.104. The van der Waals surface area contributed by atoms with Crippen LogP contribution in [-0.2, 0) is 35.2 Å². The van der Waals surface area contributed by atoms with Crippen LogP contribution in [0.4, 0.5) is 10.5 Å². The van der Waals surface area contributed by atoms with Crippen LogP contribution in [0, 0.1) is 19.3 Å². The van der Waals surface area contributed by atoms with E-state index in [-0.39, 0.29) is 35.5 Å². The van der Waals surface area contributed by atoms with Crippen LogP contribution >= 0.6 is 0 Å². The number of aromatic nitrogens is 1. The minimum Gasteiger partial charge on any atom is -0.505 e. The second-order valence-electron chi connectivity index (χ2n) is 10.4. The van der Waals surface area contributed by atoms with Crippen LogP contribution < -0.4 is 21.2 Å². The number of aryl methyl sites for hydroxylation is 1. The molecule has 3 heterocycles. The number of hydrogen-bond donors (Lipinski definition) is 4. The van der Waals surface area contributed by atoms with E-state index in [4.69, 9.17) is 39.4 Å². The Bertz CT molecular complexity index is 1620. The van der Waals surface area contributed by atoms with E-state index in [2.05, 4.69) is 16.2 Å². The standard InChI is InChI=1S/C30H33N3O12/c1-6-13-41-33-29(38)44-25-23(36)28(45-30(3,4)26(25)39-5)42-19-11-10-18-22(35)21(27(37)43-24(18)16(19)2)32-20(34)15-40-14-17-9-7-8-12-31-17/h1,7-12,23,25-26,28,35-36H,13-15H2,2-5H3,(H,32,34)(H,33,38)/t23-,25+,26-,28-/m1/s1. The van der Waals surface area contributed by atoms with Gasteiger partial charge in [-0.05, 0) is 45.0 Å². The summed E-state index contributed by atoms with van der Waals surface area (Å²) < 4.78 is 33.5. The van der Waals surface area contributed by atoms with Crippen molar-refractivity contribution < 1.29 is 52.7 Å². The van der Waals surface area contributed by atoms with Gasteiger partial charge >= 0.3 is 11.7 Å². The number of carbonyl (C=O) groups excluding carboxylic acids is 2. The number of terminal acetylenes is 1. The first kappa shape index (κ1) is 33.2. The van der Waals surface area contributed by atoms with Crippen molar-refractivity contribution in [2.75, 3.05) is 25.6 Å². The number of fused-ring (bicyclic) bond motifs is 1. The fourth-order valence-electron chi connectivity index (χ4n) is 4.73. The fourth-order valence-corrected chi connectivity index (χ4v) is 4.73. The fraction of sp³-hybridized carbons (Fsp3) is 0.400. The molecule has 1 fully saturated rings. The molecule has 2 aromatic heterocycles. The van der Waals surface area contributed by atoms with Crippen molar-refractivity contribution in [2.45, 2.75) is 57.6 Å². The highest BCUT2D eigenvalue weighted by molar-refractivity contribution is 5.98. The zero-order valence-electron chi connectivity index (χ0n) is 24.9. The van der Waals surface area contributed by atoms with E-state index in [9.17, 15) is 24.6 Å². The average molecular weight is 628 g/mol. The third-order valence-electron chi connectivity index (χ3n) is 6.79. The van der Waals surface area contributed by atoms with Crippen LogP contribution in [0.2, 0.25) is 0 Å². The number of anilines is 1. The van der Waals surface area contributed by atoms with Crippen molar-refractivity contribution in [3.63, 3.8) is 0 Å². The summed E-state index contributed by atoms with van der Waals surface area (Å²) in [5, 5.41) is 24.4. The first-order valence-electron chi connectivity index (χ1n) is 13.6. The number of aliphatic hydroxyl groups is 1. The number of aliphatic hydroxyl groups excluding tert-OH is 1. The van der Waals surface area contributed by atoms with Gasteiger partial charge in [-0.15, -0.1) is 6.42 Å². The van der Waals surface area contributed by atoms with E-state index in [1.165, 1.54) is 19.2 Å². The number of amides is 2. The second-order valence-corrected chi connectivity index (χ2v) is 10.4. The zero-order valence-corrected chi connectivity index (χ0v) is 24.9. The van der Waals surface area contributed by atoms with Crippen LogP contribution in [0.25, 0.3) is 11.0 Å². The van der Waals surface area contributed by atoms with Crippen molar-refractivity contribution in [2.24, 2.45) is 0 Å². The number of methoxy groups -OCH3 is 1. The molecule has 3 aromatic rings. The maximum absolute atomic E-state index is 12.8. The molecule has 1 aliphatic heterocycles. The van der Waals surface area contributed by atoms with E-state index in [1.54, 1.807) is 45.2 Å². The van der Waals surface area contributed by atoms with Crippen LogP contribution in [0.3, 0.4) is 0 Å². The molecule has 1 aliphatic rings. The van der Waals surface area contributed by atoms with Gasteiger partial charge in [0.1, 0.15) is 30.7 Å². The summed E-state index contributed by atoms with van der Waals surface area (Å²) in [6, 6.07) is 8.08. The maximum Gasteiger partial charge on any atom is 0.431 e. The normalized spacial score (nSPS) is 20.6. The van der Waals surface area contributed by atoms with Crippen molar-refractivity contribution >= 4 is 28.7 Å². The van der Waals surface area contributed by atoms with Crippen LogP contribution in [-0.4, -0.2) is 77.7 Å². The Morgan fingerprint density at radius 2 is 2.00 bits per heavy atom. The molecule has 4 atom stereocenters. The Morgan fingerprint density at radius 1 is 1.22 bits per heavy atom. The third kappa shape index (κ3) is 7.69. The minimum absolute atomic E-state index is 0.0448.